The minimum atomic E-state index is -0.103. The first-order chi connectivity index (χ1) is 6.61. The van der Waals surface area contributed by atoms with Gasteiger partial charge in [-0.1, -0.05) is 0 Å². The van der Waals surface area contributed by atoms with Crippen molar-refractivity contribution in [3.8, 4) is 0 Å². The summed E-state index contributed by atoms with van der Waals surface area (Å²) in [6.07, 6.45) is 1.49. The van der Waals surface area contributed by atoms with Crippen LogP contribution in [0.4, 0.5) is 5.69 Å². The zero-order chi connectivity index (χ0) is 10.3. The SMILES string of the molecule is Cn1cnc2ccc(N)c(Br)c2c1=O. The van der Waals surface area contributed by atoms with Gasteiger partial charge in [0.15, 0.2) is 0 Å². The van der Waals surface area contributed by atoms with Gasteiger partial charge in [0.1, 0.15) is 0 Å². The van der Waals surface area contributed by atoms with E-state index in [0.717, 1.165) is 0 Å². The molecule has 0 aliphatic heterocycles. The molecule has 1 heterocycles. The zero-order valence-electron chi connectivity index (χ0n) is 7.49. The minimum Gasteiger partial charge on any atom is -0.398 e. The second-order valence-electron chi connectivity index (χ2n) is 3.02. The fourth-order valence-corrected chi connectivity index (χ4v) is 1.78. The zero-order valence-corrected chi connectivity index (χ0v) is 9.08. The van der Waals surface area contributed by atoms with Gasteiger partial charge in [-0.05, 0) is 28.1 Å². The summed E-state index contributed by atoms with van der Waals surface area (Å²) in [5.41, 5.74) is 6.77. The van der Waals surface area contributed by atoms with E-state index in [1.807, 2.05) is 0 Å². The van der Waals surface area contributed by atoms with Crippen molar-refractivity contribution in [3.63, 3.8) is 0 Å². The Morgan fingerprint density at radius 2 is 2.21 bits per heavy atom. The monoisotopic (exact) mass is 253 g/mol. The van der Waals surface area contributed by atoms with Crippen molar-refractivity contribution in [2.45, 2.75) is 0 Å². The summed E-state index contributed by atoms with van der Waals surface area (Å²) in [4.78, 5) is 15.9. The van der Waals surface area contributed by atoms with Crippen molar-refractivity contribution in [1.29, 1.82) is 0 Å². The molecular weight excluding hydrogens is 246 g/mol. The smallest absolute Gasteiger partial charge is 0.262 e. The van der Waals surface area contributed by atoms with Gasteiger partial charge in [-0.25, -0.2) is 4.98 Å². The summed E-state index contributed by atoms with van der Waals surface area (Å²) in [5.74, 6) is 0. The lowest BCUT2D eigenvalue weighted by molar-refractivity contribution is 0.842. The Kier molecular flexibility index (Phi) is 2.03. The standard InChI is InChI=1S/C9H8BrN3O/c1-13-4-12-6-3-2-5(11)8(10)7(6)9(13)14/h2-4H,11H2,1H3. The van der Waals surface area contributed by atoms with Crippen molar-refractivity contribution in [2.75, 3.05) is 5.73 Å². The molecule has 0 radical (unpaired) electrons. The molecule has 72 valence electrons. The van der Waals surface area contributed by atoms with Crippen LogP contribution in [0.1, 0.15) is 0 Å². The predicted molar refractivity (Wildman–Crippen MR) is 59.1 cm³/mol. The number of halogens is 1. The Morgan fingerprint density at radius 3 is 2.93 bits per heavy atom. The highest BCUT2D eigenvalue weighted by Crippen LogP contribution is 2.25. The lowest BCUT2D eigenvalue weighted by Gasteiger charge is -2.04. The Labute approximate surface area is 88.5 Å². The molecule has 0 bridgehead atoms. The van der Waals surface area contributed by atoms with E-state index in [0.29, 0.717) is 21.1 Å². The van der Waals surface area contributed by atoms with Crippen LogP contribution in [-0.4, -0.2) is 9.55 Å². The van der Waals surface area contributed by atoms with E-state index in [-0.39, 0.29) is 5.56 Å². The lowest BCUT2D eigenvalue weighted by Crippen LogP contribution is -2.17. The first-order valence-electron chi connectivity index (χ1n) is 4.00. The maximum absolute atomic E-state index is 11.7. The van der Waals surface area contributed by atoms with Crippen LogP contribution in [0, 0.1) is 0 Å². The summed E-state index contributed by atoms with van der Waals surface area (Å²) in [6, 6.07) is 3.45. The molecule has 0 saturated carbocycles. The number of rotatable bonds is 0. The average Bonchev–Trinajstić information content (AvgIpc) is 2.17. The Balaban J connectivity index is 3.06. The summed E-state index contributed by atoms with van der Waals surface area (Å²) >= 11 is 3.29. The van der Waals surface area contributed by atoms with Gasteiger partial charge in [0.25, 0.3) is 5.56 Å². The molecule has 14 heavy (non-hydrogen) atoms. The van der Waals surface area contributed by atoms with Gasteiger partial charge in [0.2, 0.25) is 0 Å². The van der Waals surface area contributed by atoms with Gasteiger partial charge < -0.3 is 10.3 Å². The molecule has 4 nitrogen and oxygen atoms in total. The molecule has 0 amide bonds. The summed E-state index contributed by atoms with van der Waals surface area (Å²) < 4.78 is 2.04. The van der Waals surface area contributed by atoms with E-state index in [1.54, 1.807) is 19.2 Å². The van der Waals surface area contributed by atoms with Crippen LogP contribution in [0.2, 0.25) is 0 Å². The minimum absolute atomic E-state index is 0.103. The van der Waals surface area contributed by atoms with Gasteiger partial charge in [-0.15, -0.1) is 0 Å². The Morgan fingerprint density at radius 1 is 1.50 bits per heavy atom. The molecule has 0 spiro atoms. The molecular formula is C9H8BrN3O. The van der Waals surface area contributed by atoms with Crippen molar-refractivity contribution < 1.29 is 0 Å². The number of anilines is 1. The van der Waals surface area contributed by atoms with E-state index in [1.165, 1.54) is 10.9 Å². The quantitative estimate of drug-likeness (QED) is 0.720. The third-order valence-corrected chi connectivity index (χ3v) is 2.91. The maximum atomic E-state index is 11.7. The topological polar surface area (TPSA) is 60.9 Å². The molecule has 1 aromatic carbocycles. The van der Waals surface area contributed by atoms with Gasteiger partial charge in [-0.2, -0.15) is 0 Å². The largest absolute Gasteiger partial charge is 0.398 e. The lowest BCUT2D eigenvalue weighted by atomic mass is 10.2. The van der Waals surface area contributed by atoms with E-state index < -0.39 is 0 Å². The molecule has 2 rings (SSSR count). The van der Waals surface area contributed by atoms with Crippen LogP contribution in [0.5, 0.6) is 0 Å². The molecule has 0 fully saturated rings. The Bertz CT molecular complexity index is 556. The molecule has 2 aromatic rings. The van der Waals surface area contributed by atoms with E-state index in [9.17, 15) is 4.79 Å². The fraction of sp³-hybridized carbons (Fsp3) is 0.111. The molecule has 5 heteroatoms. The number of nitrogens with two attached hydrogens (primary N) is 1. The number of aryl methyl sites for hydroxylation is 1. The Hall–Kier alpha value is -1.36. The van der Waals surface area contributed by atoms with E-state index in [4.69, 9.17) is 5.73 Å². The number of hydrogen-bond donors (Lipinski definition) is 1. The number of fused-ring (bicyclic) bond motifs is 1. The first kappa shape index (κ1) is 9.21. The molecule has 0 aliphatic rings. The third kappa shape index (κ3) is 1.21. The van der Waals surface area contributed by atoms with Crippen molar-refractivity contribution in [1.82, 2.24) is 9.55 Å². The van der Waals surface area contributed by atoms with Crippen LogP contribution in [0.25, 0.3) is 10.9 Å². The van der Waals surface area contributed by atoms with Crippen molar-refractivity contribution in [2.24, 2.45) is 7.05 Å². The first-order valence-corrected chi connectivity index (χ1v) is 4.80. The number of hydrogen-bond acceptors (Lipinski definition) is 3. The molecule has 2 N–H and O–H groups in total. The van der Waals surface area contributed by atoms with Crippen molar-refractivity contribution in [3.05, 3.63) is 33.3 Å². The normalized spacial score (nSPS) is 10.7. The number of nitrogens with zero attached hydrogens (tertiary/aromatic N) is 2. The highest BCUT2D eigenvalue weighted by atomic mass is 79.9. The summed E-state index contributed by atoms with van der Waals surface area (Å²) in [6.45, 7) is 0. The summed E-state index contributed by atoms with van der Waals surface area (Å²) in [5, 5.41) is 0.523. The second kappa shape index (κ2) is 3.09. The molecule has 0 unspecified atom stereocenters. The molecule has 0 saturated heterocycles. The van der Waals surface area contributed by atoms with E-state index >= 15 is 0 Å². The molecule has 0 aliphatic carbocycles. The van der Waals surface area contributed by atoms with Crippen LogP contribution in [-0.2, 0) is 7.05 Å². The van der Waals surface area contributed by atoms with Crippen LogP contribution >= 0.6 is 15.9 Å². The van der Waals surface area contributed by atoms with Gasteiger partial charge in [0, 0.05) is 12.7 Å². The fourth-order valence-electron chi connectivity index (χ4n) is 1.27. The van der Waals surface area contributed by atoms with Crippen molar-refractivity contribution >= 4 is 32.5 Å². The van der Waals surface area contributed by atoms with E-state index in [2.05, 4.69) is 20.9 Å². The van der Waals surface area contributed by atoms with Gasteiger partial charge in [0.05, 0.1) is 21.7 Å². The average molecular weight is 254 g/mol. The van der Waals surface area contributed by atoms with Crippen LogP contribution in [0.3, 0.4) is 0 Å². The summed E-state index contributed by atoms with van der Waals surface area (Å²) in [7, 11) is 1.66. The highest BCUT2D eigenvalue weighted by Gasteiger charge is 2.07. The van der Waals surface area contributed by atoms with Gasteiger partial charge in [-0.3, -0.25) is 4.79 Å². The highest BCUT2D eigenvalue weighted by molar-refractivity contribution is 9.10. The predicted octanol–water partition coefficient (Wildman–Crippen LogP) is 1.28. The van der Waals surface area contributed by atoms with Crippen LogP contribution in [0.15, 0.2) is 27.7 Å². The molecule has 0 atom stereocenters. The number of benzene rings is 1. The van der Waals surface area contributed by atoms with Crippen LogP contribution < -0.4 is 11.3 Å². The van der Waals surface area contributed by atoms with Gasteiger partial charge >= 0.3 is 0 Å². The maximum Gasteiger partial charge on any atom is 0.262 e. The molecule has 1 aromatic heterocycles. The third-order valence-electron chi connectivity index (χ3n) is 2.05. The number of nitrogen functional groups attached to an aromatic ring is 1. The number of aromatic nitrogens is 2. The second-order valence-corrected chi connectivity index (χ2v) is 3.82.